The zero-order valence-corrected chi connectivity index (χ0v) is 16.2. The summed E-state index contributed by atoms with van der Waals surface area (Å²) in [5.74, 6) is 0. The van der Waals surface area contributed by atoms with Crippen molar-refractivity contribution in [3.05, 3.63) is 80.9 Å². The smallest absolute Gasteiger partial charge is 0.258 e. The molecule has 0 unspecified atom stereocenters. The van der Waals surface area contributed by atoms with Crippen molar-refractivity contribution in [1.29, 1.82) is 0 Å². The lowest BCUT2D eigenvalue weighted by molar-refractivity contribution is 0.121. The van der Waals surface area contributed by atoms with Gasteiger partial charge >= 0.3 is 0 Å². The van der Waals surface area contributed by atoms with Crippen molar-refractivity contribution in [2.45, 2.75) is 20.0 Å². The highest BCUT2D eigenvalue weighted by Crippen LogP contribution is 2.15. The Labute approximate surface area is 163 Å². The van der Waals surface area contributed by atoms with E-state index in [1.807, 2.05) is 43.3 Å². The van der Waals surface area contributed by atoms with Gasteiger partial charge in [0.2, 0.25) is 0 Å². The lowest BCUT2D eigenvalue weighted by atomic mass is 10.2. The molecule has 0 atom stereocenters. The number of piperazine rings is 1. The molecule has 0 spiro atoms. The number of hydrogen-bond acceptors (Lipinski definition) is 4. The van der Waals surface area contributed by atoms with Gasteiger partial charge in [-0.25, -0.2) is 4.98 Å². The molecule has 1 aliphatic heterocycles. The SMILES string of the molecule is Cc1cccc2nc(CN3CCN(Cc4cccc(Cl)c4)CC3)cc(=O)n12. The van der Waals surface area contributed by atoms with Crippen molar-refractivity contribution in [2.24, 2.45) is 0 Å². The molecule has 3 aromatic rings. The zero-order valence-electron chi connectivity index (χ0n) is 15.4. The first kappa shape index (κ1) is 18.2. The van der Waals surface area contributed by atoms with E-state index in [9.17, 15) is 4.79 Å². The summed E-state index contributed by atoms with van der Waals surface area (Å²) in [6.07, 6.45) is 0. The summed E-state index contributed by atoms with van der Waals surface area (Å²) < 4.78 is 1.66. The van der Waals surface area contributed by atoms with E-state index in [-0.39, 0.29) is 5.56 Å². The molecule has 0 bridgehead atoms. The van der Waals surface area contributed by atoms with Gasteiger partial charge in [0.05, 0.1) is 5.69 Å². The average molecular weight is 383 g/mol. The van der Waals surface area contributed by atoms with Crippen LogP contribution in [0.4, 0.5) is 0 Å². The largest absolute Gasteiger partial charge is 0.297 e. The van der Waals surface area contributed by atoms with Gasteiger partial charge in [-0.2, -0.15) is 0 Å². The van der Waals surface area contributed by atoms with Gasteiger partial charge in [-0.05, 0) is 36.8 Å². The van der Waals surface area contributed by atoms with Crippen LogP contribution in [0.1, 0.15) is 17.0 Å². The average Bonchev–Trinajstić information content (AvgIpc) is 2.63. The highest BCUT2D eigenvalue weighted by atomic mass is 35.5. The van der Waals surface area contributed by atoms with E-state index >= 15 is 0 Å². The van der Waals surface area contributed by atoms with E-state index in [0.717, 1.165) is 54.8 Å². The molecule has 2 aromatic heterocycles. The molecule has 4 rings (SSSR count). The molecule has 140 valence electrons. The summed E-state index contributed by atoms with van der Waals surface area (Å²) in [5.41, 5.74) is 3.71. The van der Waals surface area contributed by atoms with Crippen LogP contribution in [-0.2, 0) is 13.1 Å². The van der Waals surface area contributed by atoms with Crippen LogP contribution in [-0.4, -0.2) is 45.4 Å². The third-order valence-corrected chi connectivity index (χ3v) is 5.31. The molecule has 6 heteroatoms. The van der Waals surface area contributed by atoms with E-state index in [0.29, 0.717) is 6.54 Å². The van der Waals surface area contributed by atoms with E-state index in [4.69, 9.17) is 11.6 Å². The van der Waals surface area contributed by atoms with Gasteiger partial charge in [-0.15, -0.1) is 0 Å². The Bertz CT molecular complexity index is 1010. The normalized spacial score (nSPS) is 16.1. The van der Waals surface area contributed by atoms with E-state index in [1.165, 1.54) is 5.56 Å². The molecule has 0 N–H and O–H groups in total. The van der Waals surface area contributed by atoms with E-state index in [2.05, 4.69) is 20.9 Å². The Kier molecular flexibility index (Phi) is 5.25. The minimum atomic E-state index is -0.00677. The Morgan fingerprint density at radius 3 is 2.41 bits per heavy atom. The first-order valence-corrected chi connectivity index (χ1v) is 9.64. The van der Waals surface area contributed by atoms with Crippen LogP contribution >= 0.6 is 11.6 Å². The van der Waals surface area contributed by atoms with Crippen LogP contribution in [0.25, 0.3) is 5.65 Å². The van der Waals surface area contributed by atoms with Crippen LogP contribution in [0.15, 0.2) is 53.3 Å². The number of aromatic nitrogens is 2. The maximum atomic E-state index is 12.4. The van der Waals surface area contributed by atoms with Gasteiger partial charge < -0.3 is 0 Å². The second kappa shape index (κ2) is 7.80. The van der Waals surface area contributed by atoms with Crippen LogP contribution in [0.5, 0.6) is 0 Å². The van der Waals surface area contributed by atoms with Gasteiger partial charge in [0.15, 0.2) is 0 Å². The Morgan fingerprint density at radius 1 is 0.963 bits per heavy atom. The molecule has 1 saturated heterocycles. The molecule has 0 amide bonds. The topological polar surface area (TPSA) is 40.9 Å². The van der Waals surface area contributed by atoms with Crippen molar-refractivity contribution >= 4 is 17.2 Å². The lowest BCUT2D eigenvalue weighted by Crippen LogP contribution is -2.45. The fraction of sp³-hybridized carbons (Fsp3) is 0.333. The summed E-state index contributed by atoms with van der Waals surface area (Å²) >= 11 is 6.08. The second-order valence-electron chi connectivity index (χ2n) is 7.13. The minimum absolute atomic E-state index is 0.00677. The molecule has 1 aliphatic rings. The van der Waals surface area contributed by atoms with Crippen molar-refractivity contribution in [3.63, 3.8) is 0 Å². The maximum Gasteiger partial charge on any atom is 0.258 e. The van der Waals surface area contributed by atoms with Crippen molar-refractivity contribution in [2.75, 3.05) is 26.2 Å². The molecule has 0 saturated carbocycles. The Hall–Kier alpha value is -2.21. The number of fused-ring (bicyclic) bond motifs is 1. The zero-order chi connectivity index (χ0) is 18.8. The first-order chi connectivity index (χ1) is 13.1. The summed E-state index contributed by atoms with van der Waals surface area (Å²) in [5, 5.41) is 0.787. The summed E-state index contributed by atoms with van der Waals surface area (Å²) in [6.45, 7) is 7.49. The first-order valence-electron chi connectivity index (χ1n) is 9.26. The van der Waals surface area contributed by atoms with Gasteiger partial charge in [0.1, 0.15) is 5.65 Å². The molecule has 0 radical (unpaired) electrons. The number of rotatable bonds is 4. The molecule has 27 heavy (non-hydrogen) atoms. The number of aryl methyl sites for hydroxylation is 1. The van der Waals surface area contributed by atoms with Crippen LogP contribution < -0.4 is 5.56 Å². The molecule has 3 heterocycles. The van der Waals surface area contributed by atoms with Gasteiger partial charge in [-0.1, -0.05) is 29.8 Å². The number of hydrogen-bond donors (Lipinski definition) is 0. The molecule has 1 fully saturated rings. The quantitative estimate of drug-likeness (QED) is 0.695. The van der Waals surface area contributed by atoms with E-state index < -0.39 is 0 Å². The minimum Gasteiger partial charge on any atom is -0.297 e. The van der Waals surface area contributed by atoms with E-state index in [1.54, 1.807) is 10.5 Å². The van der Waals surface area contributed by atoms with Crippen LogP contribution in [0, 0.1) is 6.92 Å². The highest BCUT2D eigenvalue weighted by Gasteiger charge is 2.18. The second-order valence-corrected chi connectivity index (χ2v) is 7.57. The summed E-state index contributed by atoms with van der Waals surface area (Å²) in [6, 6.07) is 15.5. The third kappa shape index (κ3) is 4.21. The third-order valence-electron chi connectivity index (χ3n) is 5.08. The van der Waals surface area contributed by atoms with Crippen molar-refractivity contribution in [1.82, 2.24) is 19.2 Å². The summed E-state index contributed by atoms with van der Waals surface area (Å²) in [4.78, 5) is 21.9. The monoisotopic (exact) mass is 382 g/mol. The van der Waals surface area contributed by atoms with Crippen molar-refractivity contribution < 1.29 is 0 Å². The molecule has 5 nitrogen and oxygen atoms in total. The van der Waals surface area contributed by atoms with Crippen LogP contribution in [0.3, 0.4) is 0 Å². The Morgan fingerprint density at radius 2 is 1.67 bits per heavy atom. The molecular weight excluding hydrogens is 360 g/mol. The Balaban J connectivity index is 1.39. The fourth-order valence-corrected chi connectivity index (χ4v) is 3.89. The number of benzene rings is 1. The maximum absolute atomic E-state index is 12.4. The summed E-state index contributed by atoms with van der Waals surface area (Å²) in [7, 11) is 0. The number of halogens is 1. The van der Waals surface area contributed by atoms with Gasteiger partial charge in [-0.3, -0.25) is 19.0 Å². The predicted octanol–water partition coefficient (Wildman–Crippen LogP) is 2.97. The van der Waals surface area contributed by atoms with Crippen LogP contribution in [0.2, 0.25) is 5.02 Å². The standard InChI is InChI=1S/C21H23ClN4O/c1-16-4-2-7-20-23-19(13-21(27)26(16)20)15-25-10-8-24(9-11-25)14-17-5-3-6-18(22)12-17/h2-7,12-13H,8-11,14-15H2,1H3. The number of nitrogens with zero attached hydrogens (tertiary/aromatic N) is 4. The van der Waals surface area contributed by atoms with Crippen molar-refractivity contribution in [3.8, 4) is 0 Å². The fourth-order valence-electron chi connectivity index (χ4n) is 3.67. The molecular formula is C21H23ClN4O. The molecule has 0 aliphatic carbocycles. The van der Waals surface area contributed by atoms with Gasteiger partial charge in [0.25, 0.3) is 5.56 Å². The molecule has 1 aromatic carbocycles. The predicted molar refractivity (Wildman–Crippen MR) is 108 cm³/mol. The lowest BCUT2D eigenvalue weighted by Gasteiger charge is -2.34. The highest BCUT2D eigenvalue weighted by molar-refractivity contribution is 6.30. The number of pyridine rings is 1. The van der Waals surface area contributed by atoms with Gasteiger partial charge in [0, 0.05) is 56.1 Å².